The van der Waals surface area contributed by atoms with Gasteiger partial charge in [-0.2, -0.15) is 17.2 Å². The molecule has 4 aromatic carbocycles. The van der Waals surface area contributed by atoms with Crippen molar-refractivity contribution in [1.29, 1.82) is 0 Å². The summed E-state index contributed by atoms with van der Waals surface area (Å²) in [7, 11) is 0. The molecule has 0 aliphatic carbocycles. The summed E-state index contributed by atoms with van der Waals surface area (Å²) < 4.78 is 10.7. The zero-order valence-electron chi connectivity index (χ0n) is 31.3. The Kier molecular flexibility index (Phi) is 11.5. The normalized spacial score (nSPS) is 12.2. The minimum Gasteiger partial charge on any atom is -0.509 e. The van der Waals surface area contributed by atoms with E-state index in [9.17, 15) is 0 Å². The minimum absolute atomic E-state index is 0. The van der Waals surface area contributed by atoms with Gasteiger partial charge in [-0.05, 0) is 90.4 Å². The molecule has 52 heavy (non-hydrogen) atoms. The smallest absolute Gasteiger partial charge is 0.509 e. The molecule has 0 bridgehead atoms. The number of pyridine rings is 1. The number of ether oxygens (including phenoxy) is 1. The van der Waals surface area contributed by atoms with Crippen LogP contribution < -0.4 is 4.74 Å². The molecule has 0 saturated heterocycles. The second-order valence-electron chi connectivity index (χ2n) is 14.9. The number of hydrogen-bond donors (Lipinski definition) is 0. The van der Waals surface area contributed by atoms with Crippen molar-refractivity contribution in [3.05, 3.63) is 132 Å². The summed E-state index contributed by atoms with van der Waals surface area (Å²) in [6, 6.07) is 39.0. The van der Waals surface area contributed by atoms with Crippen LogP contribution in [-0.4, -0.2) is 19.3 Å². The third-order valence-corrected chi connectivity index (χ3v) is 9.90. The molecular weight excluding hydrogens is 820 g/mol. The third-order valence-electron chi connectivity index (χ3n) is 9.90. The van der Waals surface area contributed by atoms with Crippen molar-refractivity contribution in [2.24, 2.45) is 11.8 Å². The van der Waals surface area contributed by atoms with E-state index in [-0.39, 0.29) is 21.1 Å². The number of aryl methyl sites for hydroxylation is 1. The summed E-state index contributed by atoms with van der Waals surface area (Å²) in [6.07, 6.45) is 6.62. The van der Waals surface area contributed by atoms with Gasteiger partial charge in [0.05, 0.1) is 5.69 Å². The number of benzene rings is 4. The van der Waals surface area contributed by atoms with E-state index in [0.29, 0.717) is 23.3 Å². The van der Waals surface area contributed by atoms with E-state index in [0.717, 1.165) is 62.8 Å². The maximum atomic E-state index is 6.51. The molecule has 0 aliphatic rings. The average Bonchev–Trinajstić information content (AvgIpc) is 3.60. The fourth-order valence-corrected chi connectivity index (χ4v) is 7.36. The zero-order valence-corrected chi connectivity index (χ0v) is 33.6. The van der Waals surface area contributed by atoms with Crippen LogP contribution in [0.2, 0.25) is 0 Å². The molecule has 0 fully saturated rings. The fraction of sp³-hybridized carbons (Fsp3) is 0.304. The van der Waals surface area contributed by atoms with Crippen molar-refractivity contribution in [3.63, 3.8) is 0 Å². The molecule has 1 unspecified atom stereocenters. The molecule has 268 valence electrons. The zero-order chi connectivity index (χ0) is 35.6. The Morgan fingerprint density at radius 2 is 1.54 bits per heavy atom. The number of fused-ring (bicyclic) bond motifs is 3. The SMILES string of the molecule is Cc1nn(-c2[c-]c(Oc3[c-]c4c(cc3)c3cc(C(C)CCCC(C)C)ccc3n4-c3cc(CC(C)C)ccn3)ccc2)c(C)c1-c1ccccc1.[Pt+2]. The van der Waals surface area contributed by atoms with Crippen LogP contribution >= 0.6 is 0 Å². The van der Waals surface area contributed by atoms with E-state index >= 15 is 0 Å². The van der Waals surface area contributed by atoms with Crippen LogP contribution in [0.3, 0.4) is 0 Å². The molecular formula is C46H48N4OPt. The molecule has 0 radical (unpaired) electrons. The second kappa shape index (κ2) is 16.0. The summed E-state index contributed by atoms with van der Waals surface area (Å²) in [6.45, 7) is 15.6. The van der Waals surface area contributed by atoms with Gasteiger partial charge >= 0.3 is 21.1 Å². The molecule has 6 heteroatoms. The Balaban J connectivity index is 0.00000464. The van der Waals surface area contributed by atoms with Crippen LogP contribution in [-0.2, 0) is 27.5 Å². The minimum atomic E-state index is 0. The van der Waals surface area contributed by atoms with E-state index in [2.05, 4.69) is 126 Å². The largest absolute Gasteiger partial charge is 2.00 e. The molecule has 0 aliphatic heterocycles. The van der Waals surface area contributed by atoms with Gasteiger partial charge < -0.3 is 9.30 Å². The number of aromatic nitrogens is 4. The fourth-order valence-electron chi connectivity index (χ4n) is 7.36. The first-order valence-electron chi connectivity index (χ1n) is 18.4. The Bertz CT molecular complexity index is 2300. The van der Waals surface area contributed by atoms with E-state index in [1.54, 1.807) is 0 Å². The summed E-state index contributed by atoms with van der Waals surface area (Å²) in [5.74, 6) is 3.89. The third kappa shape index (κ3) is 7.81. The second-order valence-corrected chi connectivity index (χ2v) is 14.9. The molecule has 1 atom stereocenters. The maximum Gasteiger partial charge on any atom is 2.00 e. The Hall–Kier alpha value is -4.47. The van der Waals surface area contributed by atoms with E-state index in [4.69, 9.17) is 14.8 Å². The summed E-state index contributed by atoms with van der Waals surface area (Å²) >= 11 is 0. The maximum absolute atomic E-state index is 6.51. The quantitative estimate of drug-likeness (QED) is 0.115. The van der Waals surface area contributed by atoms with Crippen LogP contribution in [0, 0.1) is 37.8 Å². The van der Waals surface area contributed by atoms with Crippen molar-refractivity contribution < 1.29 is 25.8 Å². The van der Waals surface area contributed by atoms with Crippen LogP contribution in [0.1, 0.15) is 82.3 Å². The van der Waals surface area contributed by atoms with Gasteiger partial charge in [-0.25, -0.2) is 4.98 Å². The van der Waals surface area contributed by atoms with E-state index in [1.165, 1.54) is 35.8 Å². The van der Waals surface area contributed by atoms with Crippen molar-refractivity contribution in [2.75, 3.05) is 0 Å². The first-order valence-corrected chi connectivity index (χ1v) is 18.4. The van der Waals surface area contributed by atoms with Gasteiger partial charge in [-0.3, -0.25) is 4.68 Å². The van der Waals surface area contributed by atoms with Crippen molar-refractivity contribution in [2.45, 2.75) is 80.1 Å². The number of nitrogens with zero attached hydrogens (tertiary/aromatic N) is 4. The first-order chi connectivity index (χ1) is 24.7. The van der Waals surface area contributed by atoms with Gasteiger partial charge in [0.25, 0.3) is 0 Å². The van der Waals surface area contributed by atoms with Gasteiger partial charge in [-0.1, -0.05) is 95.4 Å². The summed E-state index contributed by atoms with van der Waals surface area (Å²) in [4.78, 5) is 4.89. The van der Waals surface area contributed by atoms with Gasteiger partial charge in [0.2, 0.25) is 0 Å². The number of hydrogen-bond acceptors (Lipinski definition) is 3. The molecule has 3 heterocycles. The Labute approximate surface area is 323 Å². The molecule has 7 aromatic rings. The Morgan fingerprint density at radius 1 is 0.750 bits per heavy atom. The van der Waals surface area contributed by atoms with Crippen molar-refractivity contribution in [3.8, 4) is 34.1 Å². The molecule has 3 aromatic heterocycles. The number of rotatable bonds is 12. The predicted octanol–water partition coefficient (Wildman–Crippen LogP) is 12.2. The van der Waals surface area contributed by atoms with Crippen LogP contribution in [0.25, 0.3) is 44.4 Å². The van der Waals surface area contributed by atoms with Crippen LogP contribution in [0.5, 0.6) is 11.5 Å². The van der Waals surface area contributed by atoms with Gasteiger partial charge in [0.15, 0.2) is 0 Å². The van der Waals surface area contributed by atoms with Gasteiger partial charge in [-0.15, -0.1) is 35.7 Å². The monoisotopic (exact) mass is 867 g/mol. The van der Waals surface area contributed by atoms with E-state index in [1.807, 2.05) is 41.2 Å². The molecule has 0 saturated carbocycles. The molecule has 0 N–H and O–H groups in total. The molecule has 5 nitrogen and oxygen atoms in total. The predicted molar refractivity (Wildman–Crippen MR) is 210 cm³/mol. The average molecular weight is 868 g/mol. The van der Waals surface area contributed by atoms with Gasteiger partial charge in [0, 0.05) is 34.5 Å². The summed E-state index contributed by atoms with van der Waals surface area (Å²) in [5.41, 5.74) is 9.88. The van der Waals surface area contributed by atoms with Crippen molar-refractivity contribution in [1.82, 2.24) is 19.3 Å². The topological polar surface area (TPSA) is 44.9 Å². The van der Waals surface area contributed by atoms with E-state index < -0.39 is 0 Å². The van der Waals surface area contributed by atoms with Crippen LogP contribution in [0.15, 0.2) is 97.2 Å². The van der Waals surface area contributed by atoms with Crippen LogP contribution in [0.4, 0.5) is 0 Å². The molecule has 7 rings (SSSR count). The van der Waals surface area contributed by atoms with Crippen molar-refractivity contribution >= 4 is 21.8 Å². The Morgan fingerprint density at radius 3 is 2.31 bits per heavy atom. The molecule has 0 spiro atoms. The molecule has 0 amide bonds. The standard InChI is InChI=1S/C46H48N4O.Pt/c1-30(2)13-11-14-32(5)37-19-22-43-42(27-37)41-21-20-40(29-44(41)49(43)45-26-35(23-24-47-45)25-31(3)4)51-39-18-12-17-38(28-39)50-34(7)46(33(6)48-50)36-15-9-8-10-16-36;/h8-10,12,15-24,26-27,30-32H,11,13-14,25H2,1-7H3;/q-2;+2. The summed E-state index contributed by atoms with van der Waals surface area (Å²) in [5, 5.41) is 7.25. The first kappa shape index (κ1) is 37.3. The van der Waals surface area contributed by atoms with Gasteiger partial charge in [0.1, 0.15) is 5.82 Å².